The van der Waals surface area contributed by atoms with E-state index in [9.17, 15) is 9.18 Å². The van der Waals surface area contributed by atoms with Gasteiger partial charge in [0.15, 0.2) is 0 Å². The summed E-state index contributed by atoms with van der Waals surface area (Å²) in [7, 11) is 1.52. The van der Waals surface area contributed by atoms with Crippen LogP contribution in [0.5, 0.6) is 0 Å². The van der Waals surface area contributed by atoms with E-state index < -0.39 is 0 Å². The molecule has 6 heteroatoms. The number of carbonyl (C=O) groups excluding carboxylic acids is 1. The summed E-state index contributed by atoms with van der Waals surface area (Å²) in [5.74, 6) is -0.268. The van der Waals surface area contributed by atoms with Crippen LogP contribution in [0.25, 0.3) is 10.9 Å². The van der Waals surface area contributed by atoms with Crippen LogP contribution >= 0.6 is 0 Å². The molecule has 0 N–H and O–H groups in total. The molecule has 0 saturated carbocycles. The maximum absolute atomic E-state index is 13.3. The Hall–Kier alpha value is -2.21. The SMILES string of the molecule is COCC(=O)N1CCN(c2ccnc3cc(F)ccc23)CC1. The van der Waals surface area contributed by atoms with Crippen LogP contribution in [0.1, 0.15) is 0 Å². The molecule has 1 aliphatic rings. The first-order valence-corrected chi connectivity index (χ1v) is 7.25. The van der Waals surface area contributed by atoms with Crippen LogP contribution in [0, 0.1) is 5.82 Å². The van der Waals surface area contributed by atoms with Crippen molar-refractivity contribution < 1.29 is 13.9 Å². The smallest absolute Gasteiger partial charge is 0.248 e. The van der Waals surface area contributed by atoms with Gasteiger partial charge in [0.05, 0.1) is 5.52 Å². The zero-order chi connectivity index (χ0) is 15.5. The minimum absolute atomic E-state index is 0.0174. The predicted octanol–water partition coefficient (Wildman–Crippen LogP) is 1.67. The Morgan fingerprint density at radius 3 is 2.77 bits per heavy atom. The Kier molecular flexibility index (Phi) is 4.20. The molecule has 1 aliphatic heterocycles. The average molecular weight is 303 g/mol. The molecule has 0 atom stereocenters. The number of piperazine rings is 1. The third kappa shape index (κ3) is 2.87. The number of halogens is 1. The summed E-state index contributed by atoms with van der Waals surface area (Å²) in [6.45, 7) is 2.93. The van der Waals surface area contributed by atoms with Gasteiger partial charge in [-0.3, -0.25) is 9.78 Å². The summed E-state index contributed by atoms with van der Waals surface area (Å²) in [5.41, 5.74) is 1.68. The third-order valence-electron chi connectivity index (χ3n) is 3.92. The largest absolute Gasteiger partial charge is 0.375 e. The molecule has 0 spiro atoms. The zero-order valence-electron chi connectivity index (χ0n) is 12.5. The first-order chi connectivity index (χ1) is 10.7. The molecule has 2 aromatic rings. The Morgan fingerprint density at radius 1 is 1.27 bits per heavy atom. The van der Waals surface area contributed by atoms with E-state index in [2.05, 4.69) is 9.88 Å². The normalized spacial score (nSPS) is 15.4. The van der Waals surface area contributed by atoms with Crippen molar-refractivity contribution in [2.45, 2.75) is 0 Å². The van der Waals surface area contributed by atoms with Crippen molar-refractivity contribution in [3.05, 3.63) is 36.3 Å². The lowest BCUT2D eigenvalue weighted by Crippen LogP contribution is -2.49. The van der Waals surface area contributed by atoms with Crippen LogP contribution < -0.4 is 4.90 Å². The number of methoxy groups -OCH3 is 1. The lowest BCUT2D eigenvalue weighted by molar-refractivity contribution is -0.135. The fourth-order valence-corrected chi connectivity index (χ4v) is 2.79. The molecule has 1 fully saturated rings. The number of hydrogen-bond acceptors (Lipinski definition) is 4. The zero-order valence-corrected chi connectivity index (χ0v) is 12.5. The first kappa shape index (κ1) is 14.7. The van der Waals surface area contributed by atoms with Gasteiger partial charge in [0.2, 0.25) is 5.91 Å². The molecule has 0 unspecified atom stereocenters. The van der Waals surface area contributed by atoms with Crippen LogP contribution in [0.4, 0.5) is 10.1 Å². The van der Waals surface area contributed by atoms with Crippen LogP contribution in [0.15, 0.2) is 30.5 Å². The van der Waals surface area contributed by atoms with Crippen molar-refractivity contribution in [3.8, 4) is 0 Å². The summed E-state index contributed by atoms with van der Waals surface area (Å²) in [6, 6.07) is 6.59. The fraction of sp³-hybridized carbons (Fsp3) is 0.375. The Labute approximate surface area is 128 Å². The van der Waals surface area contributed by atoms with Gasteiger partial charge in [0, 0.05) is 56.6 Å². The molecule has 3 rings (SSSR count). The van der Waals surface area contributed by atoms with E-state index in [1.165, 1.54) is 19.2 Å². The predicted molar refractivity (Wildman–Crippen MR) is 82.4 cm³/mol. The van der Waals surface area contributed by atoms with Gasteiger partial charge >= 0.3 is 0 Å². The van der Waals surface area contributed by atoms with E-state index in [4.69, 9.17) is 4.74 Å². The summed E-state index contributed by atoms with van der Waals surface area (Å²) >= 11 is 0. The highest BCUT2D eigenvalue weighted by atomic mass is 19.1. The second-order valence-corrected chi connectivity index (χ2v) is 5.29. The van der Waals surface area contributed by atoms with Crippen LogP contribution in [-0.4, -0.2) is 55.7 Å². The molecule has 1 saturated heterocycles. The van der Waals surface area contributed by atoms with Crippen LogP contribution in [0.2, 0.25) is 0 Å². The fourth-order valence-electron chi connectivity index (χ4n) is 2.79. The van der Waals surface area contributed by atoms with E-state index in [0.29, 0.717) is 18.6 Å². The van der Waals surface area contributed by atoms with Crippen molar-refractivity contribution in [1.82, 2.24) is 9.88 Å². The van der Waals surface area contributed by atoms with E-state index in [-0.39, 0.29) is 18.3 Å². The molecule has 1 amide bonds. The molecule has 1 aromatic heterocycles. The number of ether oxygens (including phenoxy) is 1. The molecular weight excluding hydrogens is 285 g/mol. The van der Waals surface area contributed by atoms with Crippen molar-refractivity contribution in [2.24, 2.45) is 0 Å². The van der Waals surface area contributed by atoms with Crippen LogP contribution in [0.3, 0.4) is 0 Å². The Balaban J connectivity index is 1.78. The number of anilines is 1. The number of nitrogens with zero attached hydrogens (tertiary/aromatic N) is 3. The van der Waals surface area contributed by atoms with Crippen LogP contribution in [-0.2, 0) is 9.53 Å². The first-order valence-electron chi connectivity index (χ1n) is 7.25. The number of hydrogen-bond donors (Lipinski definition) is 0. The lowest BCUT2D eigenvalue weighted by atomic mass is 10.1. The highest BCUT2D eigenvalue weighted by Crippen LogP contribution is 2.26. The highest BCUT2D eigenvalue weighted by molar-refractivity contribution is 5.91. The van der Waals surface area contributed by atoms with Gasteiger partial charge in [-0.1, -0.05) is 0 Å². The minimum Gasteiger partial charge on any atom is -0.375 e. The van der Waals surface area contributed by atoms with Gasteiger partial charge in [0.1, 0.15) is 12.4 Å². The maximum Gasteiger partial charge on any atom is 0.248 e. The van der Waals surface area contributed by atoms with Crippen molar-refractivity contribution in [3.63, 3.8) is 0 Å². The average Bonchev–Trinajstić information content (AvgIpc) is 2.54. The molecule has 116 valence electrons. The van der Waals surface area contributed by atoms with Gasteiger partial charge < -0.3 is 14.5 Å². The molecule has 22 heavy (non-hydrogen) atoms. The van der Waals surface area contributed by atoms with Gasteiger partial charge in [0.25, 0.3) is 0 Å². The number of carbonyl (C=O) groups is 1. The van der Waals surface area contributed by atoms with E-state index >= 15 is 0 Å². The van der Waals surface area contributed by atoms with Crippen molar-refractivity contribution >= 4 is 22.5 Å². The number of amides is 1. The van der Waals surface area contributed by atoms with Gasteiger partial charge in [-0.25, -0.2) is 4.39 Å². The number of benzene rings is 1. The molecular formula is C16H18FN3O2. The molecule has 1 aromatic carbocycles. The third-order valence-corrected chi connectivity index (χ3v) is 3.92. The minimum atomic E-state index is -0.285. The molecule has 5 nitrogen and oxygen atoms in total. The van der Waals surface area contributed by atoms with E-state index in [1.54, 1.807) is 12.3 Å². The monoisotopic (exact) mass is 303 g/mol. The Morgan fingerprint density at radius 2 is 2.05 bits per heavy atom. The number of aromatic nitrogens is 1. The Bertz CT molecular complexity index is 684. The maximum atomic E-state index is 13.3. The summed E-state index contributed by atoms with van der Waals surface area (Å²) < 4.78 is 18.2. The number of fused-ring (bicyclic) bond motifs is 1. The van der Waals surface area contributed by atoms with Gasteiger partial charge in [-0.05, 0) is 18.2 Å². The molecule has 0 radical (unpaired) electrons. The molecule has 0 aliphatic carbocycles. The lowest BCUT2D eigenvalue weighted by Gasteiger charge is -2.36. The summed E-state index contributed by atoms with van der Waals surface area (Å²) in [6.07, 6.45) is 1.69. The second-order valence-electron chi connectivity index (χ2n) is 5.29. The topological polar surface area (TPSA) is 45.7 Å². The van der Waals surface area contributed by atoms with Crippen molar-refractivity contribution in [1.29, 1.82) is 0 Å². The number of rotatable bonds is 3. The van der Waals surface area contributed by atoms with E-state index in [1.807, 2.05) is 11.0 Å². The van der Waals surface area contributed by atoms with Crippen molar-refractivity contribution in [2.75, 3.05) is 44.8 Å². The number of pyridine rings is 1. The highest BCUT2D eigenvalue weighted by Gasteiger charge is 2.22. The molecule has 0 bridgehead atoms. The molecule has 2 heterocycles. The second kappa shape index (κ2) is 6.27. The summed E-state index contributed by atoms with van der Waals surface area (Å²) in [5, 5.41) is 0.931. The van der Waals surface area contributed by atoms with E-state index in [0.717, 1.165) is 24.2 Å². The van der Waals surface area contributed by atoms with Gasteiger partial charge in [-0.15, -0.1) is 0 Å². The standard InChI is InChI=1S/C16H18FN3O2/c1-22-11-16(21)20-8-6-19(7-9-20)15-4-5-18-14-10-12(17)2-3-13(14)15/h2-5,10H,6-9,11H2,1H3. The summed E-state index contributed by atoms with van der Waals surface area (Å²) in [4.78, 5) is 20.1. The van der Waals surface area contributed by atoms with Gasteiger partial charge in [-0.2, -0.15) is 0 Å². The quantitative estimate of drug-likeness (QED) is 0.865.